The lowest BCUT2D eigenvalue weighted by atomic mass is 10.3. The number of carbonyl (C=O) groups excluding carboxylic acids is 1. The van der Waals surface area contributed by atoms with Crippen LogP contribution in [0.15, 0.2) is 47.4 Å². The highest BCUT2D eigenvalue weighted by Crippen LogP contribution is 2.13. The second-order valence-corrected chi connectivity index (χ2v) is 5.50. The molecule has 22 heavy (non-hydrogen) atoms. The standard InChI is InChI=1S/C14H14N6OS/c1-19(8-11-6-7-22-9-11)14(21)16-12-2-4-13(5-3-12)20-10-15-17-18-20/h2-7,9-10H,8H2,1H3,(H,16,21). The zero-order valence-electron chi connectivity index (χ0n) is 11.9. The fraction of sp³-hybridized carbons (Fsp3) is 0.143. The average molecular weight is 314 g/mol. The maximum Gasteiger partial charge on any atom is 0.321 e. The Balaban J connectivity index is 1.61. The molecule has 3 aromatic rings. The molecule has 0 radical (unpaired) electrons. The molecule has 0 saturated heterocycles. The summed E-state index contributed by atoms with van der Waals surface area (Å²) < 4.78 is 1.55. The molecule has 0 fully saturated rings. The fourth-order valence-corrected chi connectivity index (χ4v) is 2.58. The van der Waals surface area contributed by atoms with E-state index in [1.54, 1.807) is 28.0 Å². The molecule has 8 heteroatoms. The number of amides is 2. The van der Waals surface area contributed by atoms with Gasteiger partial charge in [-0.3, -0.25) is 0 Å². The van der Waals surface area contributed by atoms with Gasteiger partial charge in [0.1, 0.15) is 6.33 Å². The summed E-state index contributed by atoms with van der Waals surface area (Å²) in [7, 11) is 1.77. The summed E-state index contributed by atoms with van der Waals surface area (Å²) in [6.45, 7) is 0.581. The van der Waals surface area contributed by atoms with E-state index < -0.39 is 0 Å². The normalized spacial score (nSPS) is 10.4. The number of aromatic nitrogens is 4. The summed E-state index contributed by atoms with van der Waals surface area (Å²) in [5.74, 6) is 0. The Hall–Kier alpha value is -2.74. The van der Waals surface area contributed by atoms with Crippen LogP contribution >= 0.6 is 11.3 Å². The van der Waals surface area contributed by atoms with Crippen LogP contribution in [-0.2, 0) is 6.54 Å². The highest BCUT2D eigenvalue weighted by Gasteiger charge is 2.09. The topological polar surface area (TPSA) is 75.9 Å². The Morgan fingerprint density at radius 2 is 2.14 bits per heavy atom. The Morgan fingerprint density at radius 3 is 2.77 bits per heavy atom. The van der Waals surface area contributed by atoms with Crippen LogP contribution in [-0.4, -0.2) is 38.2 Å². The van der Waals surface area contributed by atoms with E-state index in [0.29, 0.717) is 6.54 Å². The Morgan fingerprint density at radius 1 is 1.32 bits per heavy atom. The van der Waals surface area contributed by atoms with Crippen LogP contribution in [0.2, 0.25) is 0 Å². The van der Waals surface area contributed by atoms with Crippen molar-refractivity contribution in [3.05, 3.63) is 53.0 Å². The molecule has 0 aliphatic heterocycles. The molecule has 0 atom stereocenters. The third-order valence-corrected chi connectivity index (χ3v) is 3.81. The lowest BCUT2D eigenvalue weighted by molar-refractivity contribution is 0.221. The second kappa shape index (κ2) is 6.35. The second-order valence-electron chi connectivity index (χ2n) is 4.72. The van der Waals surface area contributed by atoms with Crippen molar-refractivity contribution < 1.29 is 4.79 Å². The molecule has 1 aromatic carbocycles. The quantitative estimate of drug-likeness (QED) is 0.802. The predicted octanol–water partition coefficient (Wildman–Crippen LogP) is 2.39. The van der Waals surface area contributed by atoms with Gasteiger partial charge >= 0.3 is 6.03 Å². The molecule has 0 unspecified atom stereocenters. The van der Waals surface area contributed by atoms with Crippen molar-refractivity contribution >= 4 is 23.1 Å². The molecular formula is C14H14N6OS. The van der Waals surface area contributed by atoms with Gasteiger partial charge in [0, 0.05) is 19.3 Å². The number of urea groups is 1. The molecule has 0 saturated carbocycles. The molecular weight excluding hydrogens is 300 g/mol. The van der Waals surface area contributed by atoms with Gasteiger partial charge in [0.05, 0.1) is 5.69 Å². The molecule has 7 nitrogen and oxygen atoms in total. The van der Waals surface area contributed by atoms with E-state index in [4.69, 9.17) is 0 Å². The van der Waals surface area contributed by atoms with Crippen molar-refractivity contribution in [2.45, 2.75) is 6.54 Å². The summed E-state index contributed by atoms with van der Waals surface area (Å²) in [4.78, 5) is 13.8. The predicted molar refractivity (Wildman–Crippen MR) is 84.0 cm³/mol. The maximum atomic E-state index is 12.1. The first-order chi connectivity index (χ1) is 10.7. The van der Waals surface area contributed by atoms with Gasteiger partial charge in [-0.25, -0.2) is 9.48 Å². The summed E-state index contributed by atoms with van der Waals surface area (Å²) in [6, 6.07) is 9.16. The minimum absolute atomic E-state index is 0.152. The van der Waals surface area contributed by atoms with Gasteiger partial charge in [-0.1, -0.05) is 0 Å². The first-order valence-electron chi connectivity index (χ1n) is 6.59. The fourth-order valence-electron chi connectivity index (χ4n) is 1.92. The van der Waals surface area contributed by atoms with Gasteiger partial charge < -0.3 is 10.2 Å². The van der Waals surface area contributed by atoms with E-state index in [2.05, 4.69) is 20.8 Å². The number of nitrogens with one attached hydrogen (secondary N) is 1. The van der Waals surface area contributed by atoms with Crippen molar-refractivity contribution in [3.8, 4) is 5.69 Å². The maximum absolute atomic E-state index is 12.1. The summed E-state index contributed by atoms with van der Waals surface area (Å²) >= 11 is 1.62. The van der Waals surface area contributed by atoms with Crippen LogP contribution in [0.3, 0.4) is 0 Å². The van der Waals surface area contributed by atoms with E-state index in [1.165, 1.54) is 6.33 Å². The van der Waals surface area contributed by atoms with E-state index in [1.807, 2.05) is 41.1 Å². The lowest BCUT2D eigenvalue weighted by Crippen LogP contribution is -2.30. The van der Waals surface area contributed by atoms with E-state index in [0.717, 1.165) is 16.9 Å². The van der Waals surface area contributed by atoms with Gasteiger partial charge in [0.15, 0.2) is 0 Å². The van der Waals surface area contributed by atoms with Gasteiger partial charge in [-0.15, -0.1) is 5.10 Å². The van der Waals surface area contributed by atoms with Crippen LogP contribution in [0.25, 0.3) is 5.69 Å². The largest absolute Gasteiger partial charge is 0.323 e. The summed E-state index contributed by atoms with van der Waals surface area (Å²) in [5, 5.41) is 17.9. The molecule has 2 heterocycles. The molecule has 0 spiro atoms. The number of hydrogen-bond acceptors (Lipinski definition) is 5. The van der Waals surface area contributed by atoms with Crippen molar-refractivity contribution in [1.29, 1.82) is 0 Å². The number of rotatable bonds is 4. The molecule has 1 N–H and O–H groups in total. The minimum Gasteiger partial charge on any atom is -0.323 e. The number of benzene rings is 1. The lowest BCUT2D eigenvalue weighted by Gasteiger charge is -2.17. The molecule has 2 amide bonds. The molecule has 2 aromatic heterocycles. The third kappa shape index (κ3) is 3.29. The highest BCUT2D eigenvalue weighted by atomic mass is 32.1. The van der Waals surface area contributed by atoms with Crippen molar-refractivity contribution in [2.24, 2.45) is 0 Å². The Bertz CT molecular complexity index is 723. The minimum atomic E-state index is -0.152. The Labute approximate surface area is 131 Å². The monoisotopic (exact) mass is 314 g/mol. The van der Waals surface area contributed by atoms with Gasteiger partial charge in [0.2, 0.25) is 0 Å². The van der Waals surface area contributed by atoms with E-state index in [-0.39, 0.29) is 6.03 Å². The van der Waals surface area contributed by atoms with Gasteiger partial charge in [0.25, 0.3) is 0 Å². The van der Waals surface area contributed by atoms with Crippen LogP contribution in [0, 0.1) is 0 Å². The zero-order chi connectivity index (χ0) is 15.4. The number of nitrogens with zero attached hydrogens (tertiary/aromatic N) is 5. The van der Waals surface area contributed by atoms with Crippen molar-refractivity contribution in [2.75, 3.05) is 12.4 Å². The Kier molecular flexibility index (Phi) is 4.10. The number of hydrogen-bond donors (Lipinski definition) is 1. The molecule has 0 aliphatic carbocycles. The zero-order valence-corrected chi connectivity index (χ0v) is 12.7. The van der Waals surface area contributed by atoms with Crippen LogP contribution in [0.1, 0.15) is 5.56 Å². The van der Waals surface area contributed by atoms with E-state index >= 15 is 0 Å². The summed E-state index contributed by atoms with van der Waals surface area (Å²) in [5.41, 5.74) is 2.67. The number of tetrazole rings is 1. The molecule has 112 valence electrons. The van der Waals surface area contributed by atoms with Gasteiger partial charge in [-0.2, -0.15) is 11.3 Å². The highest BCUT2D eigenvalue weighted by molar-refractivity contribution is 7.07. The van der Waals surface area contributed by atoms with Crippen LogP contribution < -0.4 is 5.32 Å². The number of anilines is 1. The molecule has 3 rings (SSSR count). The molecule has 0 aliphatic rings. The van der Waals surface area contributed by atoms with E-state index in [9.17, 15) is 4.79 Å². The smallest absolute Gasteiger partial charge is 0.321 e. The number of carbonyl (C=O) groups is 1. The summed E-state index contributed by atoms with van der Waals surface area (Å²) in [6.07, 6.45) is 1.52. The average Bonchev–Trinajstić information content (AvgIpc) is 3.21. The SMILES string of the molecule is CN(Cc1ccsc1)C(=O)Nc1ccc(-n2cnnn2)cc1. The van der Waals surface area contributed by atoms with Crippen LogP contribution in [0.5, 0.6) is 0 Å². The van der Waals surface area contributed by atoms with Crippen molar-refractivity contribution in [1.82, 2.24) is 25.1 Å². The van der Waals surface area contributed by atoms with Crippen LogP contribution in [0.4, 0.5) is 10.5 Å². The van der Waals surface area contributed by atoms with Crippen molar-refractivity contribution in [3.63, 3.8) is 0 Å². The van der Waals surface area contributed by atoms with Gasteiger partial charge in [-0.05, 0) is 57.1 Å². The third-order valence-electron chi connectivity index (χ3n) is 3.08. The number of thiophene rings is 1. The first kappa shape index (κ1) is 14.2. The first-order valence-corrected chi connectivity index (χ1v) is 7.53. The molecule has 0 bridgehead atoms.